The highest BCUT2D eigenvalue weighted by Gasteiger charge is 2.30. The van der Waals surface area contributed by atoms with E-state index in [1.165, 1.54) is 11.1 Å². The van der Waals surface area contributed by atoms with Gasteiger partial charge in [-0.2, -0.15) is 0 Å². The van der Waals surface area contributed by atoms with Crippen molar-refractivity contribution in [2.24, 2.45) is 17.6 Å². The van der Waals surface area contributed by atoms with Gasteiger partial charge in [-0.1, -0.05) is 38.1 Å². The van der Waals surface area contributed by atoms with Gasteiger partial charge in [-0.25, -0.2) is 0 Å². The van der Waals surface area contributed by atoms with Crippen molar-refractivity contribution in [3.8, 4) is 0 Å². The van der Waals surface area contributed by atoms with Gasteiger partial charge in [0.1, 0.15) is 0 Å². The van der Waals surface area contributed by atoms with Crippen molar-refractivity contribution in [1.29, 1.82) is 0 Å². The molecule has 2 unspecified atom stereocenters. The van der Waals surface area contributed by atoms with Crippen molar-refractivity contribution in [3.63, 3.8) is 0 Å². The van der Waals surface area contributed by atoms with Crippen LogP contribution < -0.4 is 5.73 Å². The van der Waals surface area contributed by atoms with Gasteiger partial charge in [-0.15, -0.1) is 0 Å². The summed E-state index contributed by atoms with van der Waals surface area (Å²) in [7, 11) is 0. The van der Waals surface area contributed by atoms with Crippen molar-refractivity contribution in [2.45, 2.75) is 26.3 Å². The van der Waals surface area contributed by atoms with Crippen LogP contribution in [-0.2, 0) is 6.42 Å². The van der Waals surface area contributed by atoms with Crippen LogP contribution in [-0.4, -0.2) is 0 Å². The normalized spacial score (nSPS) is 26.5. The maximum absolute atomic E-state index is 6.19. The molecule has 1 aliphatic rings. The zero-order valence-electron chi connectivity index (χ0n) is 8.33. The first-order valence-electron chi connectivity index (χ1n) is 5.03. The van der Waals surface area contributed by atoms with Gasteiger partial charge in [-0.3, -0.25) is 0 Å². The first kappa shape index (κ1) is 8.76. The van der Waals surface area contributed by atoms with Gasteiger partial charge in [0.25, 0.3) is 0 Å². The lowest BCUT2D eigenvalue weighted by Gasteiger charge is -2.19. The molecule has 13 heavy (non-hydrogen) atoms. The molecule has 0 bridgehead atoms. The summed E-state index contributed by atoms with van der Waals surface area (Å²) in [5.41, 5.74) is 9.01. The lowest BCUT2D eigenvalue weighted by Crippen LogP contribution is -2.21. The average molecular weight is 175 g/mol. The number of nitrogens with two attached hydrogens (primary N) is 1. The summed E-state index contributed by atoms with van der Waals surface area (Å²) in [6, 6.07) is 8.83. The number of benzene rings is 1. The number of fused-ring (bicyclic) bond motifs is 1. The molecule has 1 aliphatic carbocycles. The average Bonchev–Trinajstić information content (AvgIpc) is 2.45. The Morgan fingerprint density at radius 2 is 2.00 bits per heavy atom. The van der Waals surface area contributed by atoms with Gasteiger partial charge < -0.3 is 5.73 Å². The SMILES string of the molecule is CC(C)C1Cc2ccccc2C1N. The van der Waals surface area contributed by atoms with E-state index in [-0.39, 0.29) is 6.04 Å². The van der Waals surface area contributed by atoms with E-state index >= 15 is 0 Å². The molecular weight excluding hydrogens is 158 g/mol. The van der Waals surface area contributed by atoms with Gasteiger partial charge in [-0.05, 0) is 29.4 Å². The predicted molar refractivity (Wildman–Crippen MR) is 55.4 cm³/mol. The van der Waals surface area contributed by atoms with Crippen LogP contribution in [0.2, 0.25) is 0 Å². The topological polar surface area (TPSA) is 26.0 Å². The number of rotatable bonds is 1. The second-order valence-corrected chi connectivity index (χ2v) is 4.34. The van der Waals surface area contributed by atoms with Crippen molar-refractivity contribution in [2.75, 3.05) is 0 Å². The van der Waals surface area contributed by atoms with Crippen LogP contribution in [0.5, 0.6) is 0 Å². The Bertz CT molecular complexity index is 304. The molecule has 0 radical (unpaired) electrons. The minimum atomic E-state index is 0.260. The van der Waals surface area contributed by atoms with Crippen LogP contribution in [0.4, 0.5) is 0 Å². The van der Waals surface area contributed by atoms with Crippen molar-refractivity contribution in [3.05, 3.63) is 35.4 Å². The maximum Gasteiger partial charge on any atom is 0.0331 e. The van der Waals surface area contributed by atoms with E-state index in [1.54, 1.807) is 0 Å². The largest absolute Gasteiger partial charge is 0.324 e. The Balaban J connectivity index is 2.32. The van der Waals surface area contributed by atoms with Crippen molar-refractivity contribution >= 4 is 0 Å². The summed E-state index contributed by atoms with van der Waals surface area (Å²) in [6.45, 7) is 4.52. The Hall–Kier alpha value is -0.820. The molecule has 1 heteroatoms. The molecular formula is C12H17N. The summed E-state index contributed by atoms with van der Waals surface area (Å²) in [4.78, 5) is 0. The lowest BCUT2D eigenvalue weighted by atomic mass is 9.90. The first-order chi connectivity index (χ1) is 6.20. The predicted octanol–water partition coefficient (Wildman–Crippen LogP) is 2.51. The van der Waals surface area contributed by atoms with Crippen LogP contribution in [0, 0.1) is 11.8 Å². The summed E-state index contributed by atoms with van der Waals surface area (Å²) >= 11 is 0. The summed E-state index contributed by atoms with van der Waals surface area (Å²) < 4.78 is 0. The highest BCUT2D eigenvalue weighted by molar-refractivity contribution is 5.35. The Morgan fingerprint density at radius 1 is 1.31 bits per heavy atom. The van der Waals surface area contributed by atoms with Gasteiger partial charge in [0.15, 0.2) is 0 Å². The van der Waals surface area contributed by atoms with Crippen LogP contribution in [0.15, 0.2) is 24.3 Å². The summed E-state index contributed by atoms with van der Waals surface area (Å²) in [5.74, 6) is 1.32. The fourth-order valence-electron chi connectivity index (χ4n) is 2.31. The van der Waals surface area contributed by atoms with Gasteiger partial charge in [0.2, 0.25) is 0 Å². The van der Waals surface area contributed by atoms with Crippen LogP contribution >= 0.6 is 0 Å². The molecule has 0 spiro atoms. The maximum atomic E-state index is 6.19. The molecule has 2 rings (SSSR count). The highest BCUT2D eigenvalue weighted by Crippen LogP contribution is 2.37. The summed E-state index contributed by atoms with van der Waals surface area (Å²) in [5, 5.41) is 0. The zero-order valence-corrected chi connectivity index (χ0v) is 8.33. The quantitative estimate of drug-likeness (QED) is 0.697. The standard InChI is InChI=1S/C12H17N/c1-8(2)11-7-9-5-3-4-6-10(9)12(11)13/h3-6,8,11-12H,7,13H2,1-2H3. The molecule has 0 aromatic heterocycles. The first-order valence-corrected chi connectivity index (χ1v) is 5.03. The third-order valence-electron chi connectivity index (χ3n) is 3.19. The Labute approximate surface area is 80.0 Å². The molecule has 0 fully saturated rings. The fourth-order valence-corrected chi connectivity index (χ4v) is 2.31. The fraction of sp³-hybridized carbons (Fsp3) is 0.500. The number of hydrogen-bond donors (Lipinski definition) is 1. The lowest BCUT2D eigenvalue weighted by molar-refractivity contribution is 0.346. The highest BCUT2D eigenvalue weighted by atomic mass is 14.7. The van der Waals surface area contributed by atoms with E-state index < -0.39 is 0 Å². The molecule has 0 saturated carbocycles. The van der Waals surface area contributed by atoms with Gasteiger partial charge >= 0.3 is 0 Å². The monoisotopic (exact) mass is 175 g/mol. The zero-order chi connectivity index (χ0) is 9.42. The third kappa shape index (κ3) is 1.37. The van der Waals surface area contributed by atoms with Crippen molar-refractivity contribution in [1.82, 2.24) is 0 Å². The van der Waals surface area contributed by atoms with E-state index in [4.69, 9.17) is 5.73 Å². The molecule has 2 N–H and O–H groups in total. The smallest absolute Gasteiger partial charge is 0.0331 e. The second kappa shape index (κ2) is 3.15. The van der Waals surface area contributed by atoms with Gasteiger partial charge in [0.05, 0.1) is 0 Å². The van der Waals surface area contributed by atoms with Crippen molar-refractivity contribution < 1.29 is 0 Å². The number of hydrogen-bond acceptors (Lipinski definition) is 1. The van der Waals surface area contributed by atoms with E-state index in [2.05, 4.69) is 38.1 Å². The Morgan fingerprint density at radius 3 is 2.62 bits per heavy atom. The summed E-state index contributed by atoms with van der Waals surface area (Å²) in [6.07, 6.45) is 1.16. The third-order valence-corrected chi connectivity index (χ3v) is 3.19. The van der Waals surface area contributed by atoms with E-state index in [9.17, 15) is 0 Å². The second-order valence-electron chi connectivity index (χ2n) is 4.34. The minimum absolute atomic E-state index is 0.260. The molecule has 2 atom stereocenters. The van der Waals surface area contributed by atoms with E-state index in [0.29, 0.717) is 11.8 Å². The molecule has 0 aliphatic heterocycles. The van der Waals surface area contributed by atoms with Crippen LogP contribution in [0.25, 0.3) is 0 Å². The Kier molecular flexibility index (Phi) is 2.12. The molecule has 0 heterocycles. The molecule has 1 aromatic rings. The molecule has 0 saturated heterocycles. The van der Waals surface area contributed by atoms with Crippen LogP contribution in [0.3, 0.4) is 0 Å². The van der Waals surface area contributed by atoms with E-state index in [1.807, 2.05) is 0 Å². The molecule has 1 nitrogen and oxygen atoms in total. The molecule has 0 amide bonds. The molecule has 70 valence electrons. The molecule has 1 aromatic carbocycles. The minimum Gasteiger partial charge on any atom is -0.324 e. The van der Waals surface area contributed by atoms with Crippen LogP contribution in [0.1, 0.15) is 31.0 Å². The van der Waals surface area contributed by atoms with E-state index in [0.717, 1.165) is 6.42 Å². The van der Waals surface area contributed by atoms with Gasteiger partial charge in [0, 0.05) is 6.04 Å².